The van der Waals surface area contributed by atoms with E-state index in [1.54, 1.807) is 0 Å². The van der Waals surface area contributed by atoms with Crippen molar-refractivity contribution < 1.29 is 14.7 Å². The summed E-state index contributed by atoms with van der Waals surface area (Å²) >= 11 is 0. The fourth-order valence-corrected chi connectivity index (χ4v) is 1.50. The van der Waals surface area contributed by atoms with Crippen molar-refractivity contribution in [3.63, 3.8) is 0 Å². The molecule has 0 aliphatic heterocycles. The van der Waals surface area contributed by atoms with Crippen LogP contribution in [0, 0.1) is 0 Å². The van der Waals surface area contributed by atoms with Crippen LogP contribution in [0.1, 0.15) is 58.3 Å². The number of ketones is 1. The van der Waals surface area contributed by atoms with E-state index < -0.39 is 5.97 Å². The Balaban J connectivity index is 3.31. The smallest absolute Gasteiger partial charge is 0.328 e. The molecule has 0 rings (SSSR count). The summed E-state index contributed by atoms with van der Waals surface area (Å²) in [5.74, 6) is -1.15. The van der Waals surface area contributed by atoms with Gasteiger partial charge in [-0.1, -0.05) is 45.4 Å². The van der Waals surface area contributed by atoms with Crippen LogP contribution in [0.15, 0.2) is 12.2 Å². The minimum atomic E-state index is -1.06. The maximum absolute atomic E-state index is 11.1. The third-order valence-corrected chi connectivity index (χ3v) is 2.44. The van der Waals surface area contributed by atoms with Gasteiger partial charge in [0.05, 0.1) is 0 Å². The molecule has 0 unspecified atom stereocenters. The van der Waals surface area contributed by atoms with Crippen LogP contribution in [0.3, 0.4) is 0 Å². The van der Waals surface area contributed by atoms with E-state index in [1.165, 1.54) is 32.1 Å². The molecule has 16 heavy (non-hydrogen) atoms. The predicted molar refractivity (Wildman–Crippen MR) is 64.4 cm³/mol. The number of hydrogen-bond donors (Lipinski definition) is 1. The van der Waals surface area contributed by atoms with E-state index in [4.69, 9.17) is 5.11 Å². The molecule has 0 heterocycles. The lowest BCUT2D eigenvalue weighted by atomic mass is 10.1. The maximum Gasteiger partial charge on any atom is 0.328 e. The van der Waals surface area contributed by atoms with Crippen molar-refractivity contribution in [1.29, 1.82) is 0 Å². The molecule has 1 N–H and O–H groups in total. The number of carboxylic acid groups (broad SMARTS) is 1. The zero-order valence-corrected chi connectivity index (χ0v) is 10.1. The number of carboxylic acids is 1. The lowest BCUT2D eigenvalue weighted by Gasteiger charge is -1.99. The van der Waals surface area contributed by atoms with Crippen molar-refractivity contribution in [2.24, 2.45) is 0 Å². The lowest BCUT2D eigenvalue weighted by molar-refractivity contribution is -0.131. The molecule has 92 valence electrons. The van der Waals surface area contributed by atoms with Gasteiger partial charge in [0, 0.05) is 12.5 Å². The Morgan fingerprint density at radius 3 is 2.06 bits per heavy atom. The SMILES string of the molecule is CCCCCCCCCC(=O)C=CC(=O)O. The molecule has 0 saturated heterocycles. The van der Waals surface area contributed by atoms with Crippen LogP contribution in [0.4, 0.5) is 0 Å². The number of hydrogen-bond acceptors (Lipinski definition) is 2. The van der Waals surface area contributed by atoms with Gasteiger partial charge in [-0.3, -0.25) is 4.79 Å². The van der Waals surface area contributed by atoms with Gasteiger partial charge in [-0.05, 0) is 12.5 Å². The standard InChI is InChI=1S/C13H22O3/c1-2-3-4-5-6-7-8-9-12(14)10-11-13(15)16/h10-11H,2-9H2,1H3,(H,15,16). The first-order valence-corrected chi connectivity index (χ1v) is 6.10. The van der Waals surface area contributed by atoms with E-state index in [0.717, 1.165) is 25.0 Å². The van der Waals surface area contributed by atoms with E-state index in [-0.39, 0.29) is 5.78 Å². The molecule has 0 amide bonds. The van der Waals surface area contributed by atoms with Crippen molar-refractivity contribution in [2.75, 3.05) is 0 Å². The van der Waals surface area contributed by atoms with Crippen LogP contribution in [0.2, 0.25) is 0 Å². The second-order valence-corrected chi connectivity index (χ2v) is 4.01. The second kappa shape index (κ2) is 10.4. The van der Waals surface area contributed by atoms with Crippen molar-refractivity contribution in [2.45, 2.75) is 58.3 Å². The molecule has 0 bridgehead atoms. The summed E-state index contributed by atoms with van der Waals surface area (Å²) < 4.78 is 0. The van der Waals surface area contributed by atoms with Crippen LogP contribution in [-0.2, 0) is 9.59 Å². The molecule has 0 radical (unpaired) electrons. The summed E-state index contributed by atoms with van der Waals surface area (Å²) in [5.41, 5.74) is 0. The van der Waals surface area contributed by atoms with Gasteiger partial charge in [0.15, 0.2) is 5.78 Å². The third kappa shape index (κ3) is 11.0. The molecule has 0 spiro atoms. The Morgan fingerprint density at radius 1 is 0.938 bits per heavy atom. The lowest BCUT2D eigenvalue weighted by Crippen LogP contribution is -1.95. The largest absolute Gasteiger partial charge is 0.478 e. The summed E-state index contributed by atoms with van der Waals surface area (Å²) in [6.07, 6.45) is 10.7. The zero-order valence-electron chi connectivity index (χ0n) is 10.1. The molecule has 0 aliphatic rings. The quantitative estimate of drug-likeness (QED) is 0.459. The first-order chi connectivity index (χ1) is 7.66. The Morgan fingerprint density at radius 2 is 1.50 bits per heavy atom. The summed E-state index contributed by atoms with van der Waals surface area (Å²) in [4.78, 5) is 21.3. The van der Waals surface area contributed by atoms with E-state index in [2.05, 4.69) is 6.92 Å². The molecule has 0 fully saturated rings. The van der Waals surface area contributed by atoms with Gasteiger partial charge in [-0.2, -0.15) is 0 Å². The minimum absolute atomic E-state index is 0.0871. The molecule has 3 heteroatoms. The molecule has 0 saturated carbocycles. The molecule has 0 aromatic rings. The van der Waals surface area contributed by atoms with Crippen molar-refractivity contribution in [3.05, 3.63) is 12.2 Å². The van der Waals surface area contributed by atoms with Crippen molar-refractivity contribution in [3.8, 4) is 0 Å². The van der Waals surface area contributed by atoms with Gasteiger partial charge in [0.25, 0.3) is 0 Å². The predicted octanol–water partition coefficient (Wildman–Crippen LogP) is 3.34. The van der Waals surface area contributed by atoms with Gasteiger partial charge >= 0.3 is 5.97 Å². The molecule has 0 aromatic carbocycles. The van der Waals surface area contributed by atoms with Gasteiger partial charge < -0.3 is 5.11 Å². The Bertz CT molecular complexity index is 231. The van der Waals surface area contributed by atoms with Gasteiger partial charge in [0.1, 0.15) is 0 Å². The number of carbonyl (C=O) groups excluding carboxylic acids is 1. The fraction of sp³-hybridized carbons (Fsp3) is 0.692. The van der Waals surface area contributed by atoms with Gasteiger partial charge in [0.2, 0.25) is 0 Å². The van der Waals surface area contributed by atoms with E-state index in [1.807, 2.05) is 0 Å². The van der Waals surface area contributed by atoms with E-state index >= 15 is 0 Å². The van der Waals surface area contributed by atoms with Crippen LogP contribution in [-0.4, -0.2) is 16.9 Å². The van der Waals surface area contributed by atoms with Gasteiger partial charge in [-0.25, -0.2) is 4.79 Å². The fourth-order valence-electron chi connectivity index (χ4n) is 1.50. The molecule has 0 aliphatic carbocycles. The van der Waals surface area contributed by atoms with Crippen molar-refractivity contribution in [1.82, 2.24) is 0 Å². The normalized spacial score (nSPS) is 10.8. The number of rotatable bonds is 10. The van der Waals surface area contributed by atoms with Crippen molar-refractivity contribution >= 4 is 11.8 Å². The number of allylic oxidation sites excluding steroid dienone is 1. The highest BCUT2D eigenvalue weighted by atomic mass is 16.4. The zero-order chi connectivity index (χ0) is 12.2. The molecule has 3 nitrogen and oxygen atoms in total. The summed E-state index contributed by atoms with van der Waals surface area (Å²) in [5, 5.41) is 8.32. The first kappa shape index (κ1) is 14.9. The number of unbranched alkanes of at least 4 members (excludes halogenated alkanes) is 6. The Kier molecular flexibility index (Phi) is 9.67. The average molecular weight is 226 g/mol. The van der Waals surface area contributed by atoms with Gasteiger partial charge in [-0.15, -0.1) is 0 Å². The molecule has 0 atom stereocenters. The summed E-state index contributed by atoms with van der Waals surface area (Å²) in [7, 11) is 0. The summed E-state index contributed by atoms with van der Waals surface area (Å²) in [6, 6.07) is 0. The monoisotopic (exact) mass is 226 g/mol. The third-order valence-electron chi connectivity index (χ3n) is 2.44. The molecule has 0 aromatic heterocycles. The maximum atomic E-state index is 11.1. The highest BCUT2D eigenvalue weighted by molar-refractivity contribution is 5.95. The average Bonchev–Trinajstić information content (AvgIpc) is 2.25. The Labute approximate surface area is 97.5 Å². The number of carbonyl (C=O) groups is 2. The van der Waals surface area contributed by atoms with E-state index in [0.29, 0.717) is 6.42 Å². The topological polar surface area (TPSA) is 54.4 Å². The second-order valence-electron chi connectivity index (χ2n) is 4.01. The van der Waals surface area contributed by atoms with E-state index in [9.17, 15) is 9.59 Å². The van der Waals surface area contributed by atoms with Crippen LogP contribution < -0.4 is 0 Å². The molecular formula is C13H22O3. The summed E-state index contributed by atoms with van der Waals surface area (Å²) in [6.45, 7) is 2.19. The number of aliphatic carboxylic acids is 1. The highest BCUT2D eigenvalue weighted by Gasteiger charge is 1.98. The Hall–Kier alpha value is -1.12. The van der Waals surface area contributed by atoms with Crippen LogP contribution in [0.25, 0.3) is 0 Å². The van der Waals surface area contributed by atoms with Crippen LogP contribution >= 0.6 is 0 Å². The minimum Gasteiger partial charge on any atom is -0.478 e. The first-order valence-electron chi connectivity index (χ1n) is 6.10. The molecular weight excluding hydrogens is 204 g/mol. The van der Waals surface area contributed by atoms with Crippen LogP contribution in [0.5, 0.6) is 0 Å². The highest BCUT2D eigenvalue weighted by Crippen LogP contribution is 2.08.